The van der Waals surface area contributed by atoms with E-state index in [0.29, 0.717) is 40.7 Å². The van der Waals surface area contributed by atoms with E-state index in [4.69, 9.17) is 4.98 Å². The number of piperazine rings is 1. The fourth-order valence-corrected chi connectivity index (χ4v) is 6.83. The maximum atomic E-state index is 13.5. The van der Waals surface area contributed by atoms with E-state index < -0.39 is 6.03 Å². The number of fused-ring (bicyclic) bond motifs is 1. The van der Waals surface area contributed by atoms with E-state index in [1.165, 1.54) is 11.8 Å². The summed E-state index contributed by atoms with van der Waals surface area (Å²) in [5.74, 6) is 0.814. The number of pyridine rings is 2. The Morgan fingerprint density at radius 3 is 2.42 bits per heavy atom. The summed E-state index contributed by atoms with van der Waals surface area (Å²) >= 11 is 0. The van der Waals surface area contributed by atoms with Crippen molar-refractivity contribution in [2.24, 2.45) is 0 Å². The molecule has 6 heterocycles. The van der Waals surface area contributed by atoms with Crippen molar-refractivity contribution in [2.75, 3.05) is 47.8 Å². The summed E-state index contributed by atoms with van der Waals surface area (Å²) in [6.45, 7) is 7.44. The minimum atomic E-state index is -0.476. The molecule has 2 aliphatic heterocycles. The molecule has 0 spiro atoms. The highest BCUT2D eigenvalue weighted by atomic mass is 16.2. The lowest BCUT2D eigenvalue weighted by Crippen LogP contribution is -2.50. The molecule has 2 saturated heterocycles. The van der Waals surface area contributed by atoms with E-state index in [0.717, 1.165) is 63.2 Å². The van der Waals surface area contributed by atoms with E-state index in [1.807, 2.05) is 24.4 Å². The number of urea groups is 1. The number of carbonyl (C=O) groups excluding carboxylic acids is 3. The van der Waals surface area contributed by atoms with Crippen LogP contribution >= 0.6 is 0 Å². The Bertz CT molecular complexity index is 1930. The molecule has 0 aromatic carbocycles. The van der Waals surface area contributed by atoms with Crippen LogP contribution in [0.5, 0.6) is 0 Å². The molecule has 1 saturated carbocycles. The lowest BCUT2D eigenvalue weighted by atomic mass is 10.0. The summed E-state index contributed by atoms with van der Waals surface area (Å²) in [6.07, 6.45) is 7.59. The Kier molecular flexibility index (Phi) is 8.52. The number of nitrogens with zero attached hydrogens (tertiary/aromatic N) is 9. The van der Waals surface area contributed by atoms with Gasteiger partial charge in [-0.1, -0.05) is 12.8 Å². The monoisotopic (exact) mass is 651 g/mol. The summed E-state index contributed by atoms with van der Waals surface area (Å²) < 4.78 is 1.70. The molecule has 2 N–H and O–H groups in total. The molecule has 3 amide bonds. The van der Waals surface area contributed by atoms with Crippen LogP contribution in [0, 0.1) is 6.92 Å². The quantitative estimate of drug-likeness (QED) is 0.267. The zero-order chi connectivity index (χ0) is 33.4. The van der Waals surface area contributed by atoms with E-state index in [-0.39, 0.29) is 41.8 Å². The van der Waals surface area contributed by atoms with Gasteiger partial charge in [0.05, 0.1) is 23.1 Å². The maximum absolute atomic E-state index is 13.5. The molecule has 4 aromatic heterocycles. The number of nitrogens with one attached hydrogen (secondary N) is 2. The van der Waals surface area contributed by atoms with Gasteiger partial charge >= 0.3 is 6.03 Å². The highest BCUT2D eigenvalue weighted by Crippen LogP contribution is 2.32. The second-order valence-corrected chi connectivity index (χ2v) is 12.5. The molecule has 1 aliphatic carbocycles. The van der Waals surface area contributed by atoms with E-state index >= 15 is 0 Å². The number of ketones is 1. The molecule has 3 fully saturated rings. The van der Waals surface area contributed by atoms with Gasteiger partial charge < -0.3 is 10.2 Å². The molecular weight excluding hydrogens is 614 g/mol. The van der Waals surface area contributed by atoms with Crippen LogP contribution in [0.3, 0.4) is 0 Å². The van der Waals surface area contributed by atoms with Crippen LogP contribution in [0.15, 0.2) is 41.5 Å². The van der Waals surface area contributed by atoms with Gasteiger partial charge in [0.15, 0.2) is 11.6 Å². The number of aryl methyl sites for hydroxylation is 1. The van der Waals surface area contributed by atoms with Gasteiger partial charge in [-0.25, -0.2) is 14.8 Å². The first kappa shape index (κ1) is 31.3. The standard InChI is InChI=1S/C33H37N11O4/c1-20-25-18-35-32(38-30(25)44(23-5-3-4-6-23)31(47)29(20)21(2)45)36-26-9-8-24(17-34-26)42-15-13-41(14-16-42)19-22-7-10-27(40-39-22)43-12-11-28(46)37-33(43)48/h7-10,17-18,23H,3-6,11-16,19H2,1-2H3,(H,37,46,48)(H,34,35,36,38). The van der Waals surface area contributed by atoms with Crippen LogP contribution in [0.2, 0.25) is 0 Å². The molecule has 48 heavy (non-hydrogen) atoms. The van der Waals surface area contributed by atoms with Crippen molar-refractivity contribution >= 4 is 52.0 Å². The first-order chi connectivity index (χ1) is 23.2. The number of imide groups is 1. The average molecular weight is 652 g/mol. The van der Waals surface area contributed by atoms with Crippen molar-refractivity contribution < 1.29 is 14.4 Å². The summed E-state index contributed by atoms with van der Waals surface area (Å²) in [4.78, 5) is 69.3. The third-order valence-electron chi connectivity index (χ3n) is 9.40. The van der Waals surface area contributed by atoms with Crippen LogP contribution in [0.4, 0.5) is 28.1 Å². The van der Waals surface area contributed by atoms with Crippen LogP contribution in [-0.2, 0) is 11.3 Å². The number of hydrogen-bond acceptors (Lipinski definition) is 12. The van der Waals surface area contributed by atoms with Gasteiger partial charge in [0.2, 0.25) is 11.9 Å². The van der Waals surface area contributed by atoms with Crippen LogP contribution in [-0.4, -0.2) is 85.1 Å². The largest absolute Gasteiger partial charge is 0.368 e. The lowest BCUT2D eigenvalue weighted by Gasteiger charge is -2.35. The lowest BCUT2D eigenvalue weighted by molar-refractivity contribution is -0.120. The number of anilines is 4. The fourth-order valence-electron chi connectivity index (χ4n) is 6.83. The number of rotatable bonds is 8. The second-order valence-electron chi connectivity index (χ2n) is 12.5. The smallest absolute Gasteiger partial charge is 0.329 e. The first-order valence-electron chi connectivity index (χ1n) is 16.3. The van der Waals surface area contributed by atoms with Crippen molar-refractivity contribution in [1.82, 2.24) is 39.9 Å². The minimum Gasteiger partial charge on any atom is -0.368 e. The molecule has 7 rings (SSSR count). The summed E-state index contributed by atoms with van der Waals surface area (Å²) in [5.41, 5.74) is 2.90. The van der Waals surface area contributed by atoms with Gasteiger partial charge in [0, 0.05) is 63.3 Å². The first-order valence-corrected chi connectivity index (χ1v) is 16.3. The highest BCUT2D eigenvalue weighted by Gasteiger charge is 2.27. The Morgan fingerprint density at radius 2 is 1.75 bits per heavy atom. The summed E-state index contributed by atoms with van der Waals surface area (Å²) in [7, 11) is 0. The number of aromatic nitrogens is 6. The molecule has 248 valence electrons. The van der Waals surface area contributed by atoms with Crippen molar-refractivity contribution in [2.45, 2.75) is 58.5 Å². The number of carbonyl (C=O) groups is 3. The average Bonchev–Trinajstić information content (AvgIpc) is 3.61. The van der Waals surface area contributed by atoms with Crippen molar-refractivity contribution in [1.29, 1.82) is 0 Å². The zero-order valence-corrected chi connectivity index (χ0v) is 27.0. The number of Topliss-reactive ketones (excluding diaryl/α,β-unsaturated/α-hetero) is 1. The number of hydrogen-bond donors (Lipinski definition) is 2. The third-order valence-corrected chi connectivity index (χ3v) is 9.40. The second kappa shape index (κ2) is 13.1. The summed E-state index contributed by atoms with van der Waals surface area (Å²) in [6, 6.07) is 7.06. The molecule has 0 radical (unpaired) electrons. The van der Waals surface area contributed by atoms with Crippen molar-refractivity contribution in [3.8, 4) is 0 Å². The number of amides is 3. The maximum Gasteiger partial charge on any atom is 0.329 e. The molecule has 0 bridgehead atoms. The molecule has 4 aromatic rings. The molecule has 15 nitrogen and oxygen atoms in total. The predicted octanol–water partition coefficient (Wildman–Crippen LogP) is 3.11. The Morgan fingerprint density at radius 1 is 0.958 bits per heavy atom. The molecule has 3 aliphatic rings. The molecule has 0 unspecified atom stereocenters. The van der Waals surface area contributed by atoms with Crippen LogP contribution in [0.1, 0.15) is 66.7 Å². The SMILES string of the molecule is CC(=O)c1c(C)c2cnc(Nc3ccc(N4CCN(Cc5ccc(N6CCC(=O)NC6=O)nn5)CC4)cn3)nc2n(C2CCCC2)c1=O. The fraction of sp³-hybridized carbons (Fsp3) is 0.424. The van der Waals surface area contributed by atoms with Gasteiger partial charge in [-0.3, -0.25) is 34.1 Å². The van der Waals surface area contributed by atoms with Crippen LogP contribution < -0.4 is 26.0 Å². The zero-order valence-electron chi connectivity index (χ0n) is 27.0. The molecular formula is C33H37N11O4. The van der Waals surface area contributed by atoms with Gasteiger partial charge in [-0.15, -0.1) is 5.10 Å². The molecule has 0 atom stereocenters. The third kappa shape index (κ3) is 6.20. The summed E-state index contributed by atoms with van der Waals surface area (Å²) in [5, 5.41) is 14.7. The van der Waals surface area contributed by atoms with Gasteiger partial charge in [0.1, 0.15) is 11.5 Å². The topological polar surface area (TPSA) is 171 Å². The van der Waals surface area contributed by atoms with E-state index in [2.05, 4.69) is 40.6 Å². The van der Waals surface area contributed by atoms with E-state index in [1.54, 1.807) is 23.8 Å². The Labute approximate surface area is 276 Å². The molecule has 15 heteroatoms. The normalized spacial score (nSPS) is 17.6. The minimum absolute atomic E-state index is 0.0102. The Balaban J connectivity index is 0.983. The van der Waals surface area contributed by atoms with E-state index in [9.17, 15) is 19.2 Å². The Hall–Kier alpha value is -5.31. The van der Waals surface area contributed by atoms with Crippen molar-refractivity contribution in [3.63, 3.8) is 0 Å². The van der Waals surface area contributed by atoms with Crippen LogP contribution in [0.25, 0.3) is 11.0 Å². The highest BCUT2D eigenvalue weighted by molar-refractivity contribution is 6.05. The van der Waals surface area contributed by atoms with Gasteiger partial charge in [0.25, 0.3) is 5.56 Å². The van der Waals surface area contributed by atoms with Gasteiger partial charge in [-0.05, 0) is 56.5 Å². The van der Waals surface area contributed by atoms with Crippen molar-refractivity contribution in [3.05, 3.63) is 63.8 Å². The predicted molar refractivity (Wildman–Crippen MR) is 179 cm³/mol. The van der Waals surface area contributed by atoms with Gasteiger partial charge in [-0.2, -0.15) is 10.1 Å².